The van der Waals surface area contributed by atoms with Crippen LogP contribution in [0.2, 0.25) is 0 Å². The Labute approximate surface area is 116 Å². The molecule has 2 rings (SSSR count). The molecule has 0 saturated carbocycles. The molecule has 1 aromatic heterocycles. The zero-order chi connectivity index (χ0) is 13.7. The number of pyridine rings is 1. The predicted molar refractivity (Wildman–Crippen MR) is 80.0 cm³/mol. The zero-order valence-corrected chi connectivity index (χ0v) is 12.0. The van der Waals surface area contributed by atoms with Crippen LogP contribution in [0.3, 0.4) is 0 Å². The second-order valence-corrected chi connectivity index (χ2v) is 5.13. The van der Waals surface area contributed by atoms with E-state index in [1.807, 2.05) is 12.3 Å². The van der Waals surface area contributed by atoms with Gasteiger partial charge in [-0.05, 0) is 45.0 Å². The quantitative estimate of drug-likeness (QED) is 0.808. The molecule has 100 valence electrons. The molecule has 0 aliphatic rings. The van der Waals surface area contributed by atoms with E-state index in [4.69, 9.17) is 0 Å². The third-order valence-corrected chi connectivity index (χ3v) is 3.80. The molecule has 2 atom stereocenters. The molecule has 0 N–H and O–H groups in total. The normalized spacial score (nSPS) is 14.3. The lowest BCUT2D eigenvalue weighted by Gasteiger charge is -2.30. The van der Waals surface area contributed by atoms with Crippen molar-refractivity contribution >= 4 is 0 Å². The van der Waals surface area contributed by atoms with Crippen LogP contribution >= 0.6 is 0 Å². The van der Waals surface area contributed by atoms with E-state index in [2.05, 4.69) is 73.2 Å². The first-order valence-corrected chi connectivity index (χ1v) is 6.85. The number of nitrogens with zero attached hydrogens (tertiary/aromatic N) is 2. The van der Waals surface area contributed by atoms with Gasteiger partial charge in [0.25, 0.3) is 0 Å². The van der Waals surface area contributed by atoms with Crippen LogP contribution in [-0.2, 0) is 6.42 Å². The van der Waals surface area contributed by atoms with Crippen LogP contribution < -0.4 is 0 Å². The summed E-state index contributed by atoms with van der Waals surface area (Å²) in [6.45, 7) is 4.48. The molecule has 0 aliphatic carbocycles. The van der Waals surface area contributed by atoms with Crippen LogP contribution in [0.4, 0.5) is 0 Å². The second-order valence-electron chi connectivity index (χ2n) is 5.13. The highest BCUT2D eigenvalue weighted by molar-refractivity contribution is 5.16. The van der Waals surface area contributed by atoms with E-state index in [0.29, 0.717) is 12.1 Å². The lowest BCUT2D eigenvalue weighted by Crippen LogP contribution is -2.33. The SMILES string of the molecule is CC(Cc1ccccc1)N(C)C(C)c1ccccn1. The summed E-state index contributed by atoms with van der Waals surface area (Å²) in [6.07, 6.45) is 2.93. The molecule has 0 fully saturated rings. The summed E-state index contributed by atoms with van der Waals surface area (Å²) in [6, 6.07) is 17.6. The predicted octanol–water partition coefficient (Wildman–Crippen LogP) is 3.71. The van der Waals surface area contributed by atoms with E-state index in [9.17, 15) is 0 Å². The summed E-state index contributed by atoms with van der Waals surface area (Å²) >= 11 is 0. The second kappa shape index (κ2) is 6.48. The smallest absolute Gasteiger partial charge is 0.0572 e. The summed E-state index contributed by atoms with van der Waals surface area (Å²) in [5, 5.41) is 0. The van der Waals surface area contributed by atoms with E-state index in [-0.39, 0.29) is 0 Å². The summed E-state index contributed by atoms with van der Waals surface area (Å²) in [5.41, 5.74) is 2.51. The van der Waals surface area contributed by atoms with Gasteiger partial charge < -0.3 is 0 Å². The lowest BCUT2D eigenvalue weighted by molar-refractivity contribution is 0.193. The van der Waals surface area contributed by atoms with Gasteiger partial charge in [0.1, 0.15) is 0 Å². The fraction of sp³-hybridized carbons (Fsp3) is 0.353. The van der Waals surface area contributed by atoms with Crippen molar-refractivity contribution in [2.75, 3.05) is 7.05 Å². The van der Waals surface area contributed by atoms with Gasteiger partial charge in [-0.1, -0.05) is 36.4 Å². The monoisotopic (exact) mass is 254 g/mol. The Bertz CT molecular complexity index is 481. The third kappa shape index (κ3) is 3.65. The van der Waals surface area contributed by atoms with Crippen LogP contribution in [0.1, 0.15) is 31.1 Å². The molecule has 0 spiro atoms. The molecule has 2 heteroatoms. The van der Waals surface area contributed by atoms with Gasteiger partial charge in [0, 0.05) is 18.3 Å². The highest BCUT2D eigenvalue weighted by Gasteiger charge is 2.18. The molecule has 0 saturated heterocycles. The van der Waals surface area contributed by atoms with Gasteiger partial charge in [-0.3, -0.25) is 9.88 Å². The molecule has 2 nitrogen and oxygen atoms in total. The number of hydrogen-bond acceptors (Lipinski definition) is 2. The average molecular weight is 254 g/mol. The molecule has 1 heterocycles. The Morgan fingerprint density at radius 1 is 1.00 bits per heavy atom. The molecule has 0 radical (unpaired) electrons. The first kappa shape index (κ1) is 13.8. The maximum absolute atomic E-state index is 4.45. The van der Waals surface area contributed by atoms with Crippen molar-refractivity contribution in [3.05, 3.63) is 66.0 Å². The summed E-state index contributed by atoms with van der Waals surface area (Å²) in [4.78, 5) is 6.83. The molecular formula is C17H22N2. The van der Waals surface area contributed by atoms with Crippen LogP contribution in [0.15, 0.2) is 54.7 Å². The molecular weight excluding hydrogens is 232 g/mol. The molecule has 19 heavy (non-hydrogen) atoms. The van der Waals surface area contributed by atoms with E-state index in [0.717, 1.165) is 12.1 Å². The maximum Gasteiger partial charge on any atom is 0.0572 e. The number of rotatable bonds is 5. The fourth-order valence-corrected chi connectivity index (χ4v) is 2.31. The van der Waals surface area contributed by atoms with Crippen molar-refractivity contribution in [3.8, 4) is 0 Å². The van der Waals surface area contributed by atoms with Gasteiger partial charge >= 0.3 is 0 Å². The minimum atomic E-state index is 0.333. The number of benzene rings is 1. The third-order valence-electron chi connectivity index (χ3n) is 3.80. The van der Waals surface area contributed by atoms with Gasteiger partial charge in [0.2, 0.25) is 0 Å². The fourth-order valence-electron chi connectivity index (χ4n) is 2.31. The van der Waals surface area contributed by atoms with Crippen LogP contribution in [-0.4, -0.2) is 23.0 Å². The van der Waals surface area contributed by atoms with Gasteiger partial charge in [-0.25, -0.2) is 0 Å². The largest absolute Gasteiger partial charge is 0.295 e. The Balaban J connectivity index is 2.01. The van der Waals surface area contributed by atoms with Crippen LogP contribution in [0, 0.1) is 0 Å². The number of hydrogen-bond donors (Lipinski definition) is 0. The van der Waals surface area contributed by atoms with Crippen molar-refractivity contribution in [1.82, 2.24) is 9.88 Å². The first-order chi connectivity index (χ1) is 9.18. The van der Waals surface area contributed by atoms with Crippen molar-refractivity contribution in [1.29, 1.82) is 0 Å². The maximum atomic E-state index is 4.45. The molecule has 1 aromatic carbocycles. The highest BCUT2D eigenvalue weighted by Crippen LogP contribution is 2.20. The van der Waals surface area contributed by atoms with Gasteiger partial charge in [0.15, 0.2) is 0 Å². The standard InChI is InChI=1S/C17H22N2/c1-14(13-16-9-5-4-6-10-16)19(3)15(2)17-11-7-8-12-18-17/h4-12,14-15H,13H2,1-3H3. The number of aromatic nitrogens is 1. The van der Waals surface area contributed by atoms with Crippen molar-refractivity contribution < 1.29 is 0 Å². The summed E-state index contributed by atoms with van der Waals surface area (Å²) < 4.78 is 0. The van der Waals surface area contributed by atoms with E-state index in [1.54, 1.807) is 0 Å². The Kier molecular flexibility index (Phi) is 4.69. The van der Waals surface area contributed by atoms with Crippen molar-refractivity contribution in [2.24, 2.45) is 0 Å². The molecule has 2 unspecified atom stereocenters. The summed E-state index contributed by atoms with van der Waals surface area (Å²) in [7, 11) is 2.17. The van der Waals surface area contributed by atoms with Crippen molar-refractivity contribution in [2.45, 2.75) is 32.4 Å². The minimum absolute atomic E-state index is 0.333. The Hall–Kier alpha value is -1.67. The first-order valence-electron chi connectivity index (χ1n) is 6.85. The lowest BCUT2D eigenvalue weighted by atomic mass is 10.0. The van der Waals surface area contributed by atoms with E-state index in [1.165, 1.54) is 5.56 Å². The topological polar surface area (TPSA) is 16.1 Å². The highest BCUT2D eigenvalue weighted by atomic mass is 15.2. The van der Waals surface area contributed by atoms with Crippen LogP contribution in [0.5, 0.6) is 0 Å². The minimum Gasteiger partial charge on any atom is -0.295 e. The van der Waals surface area contributed by atoms with E-state index < -0.39 is 0 Å². The average Bonchev–Trinajstić information content (AvgIpc) is 2.47. The summed E-state index contributed by atoms with van der Waals surface area (Å²) in [5.74, 6) is 0. The molecule has 2 aromatic rings. The van der Waals surface area contributed by atoms with Gasteiger partial charge in [-0.15, -0.1) is 0 Å². The van der Waals surface area contributed by atoms with Gasteiger partial charge in [0.05, 0.1) is 5.69 Å². The van der Waals surface area contributed by atoms with Crippen molar-refractivity contribution in [3.63, 3.8) is 0 Å². The van der Waals surface area contributed by atoms with Gasteiger partial charge in [-0.2, -0.15) is 0 Å². The van der Waals surface area contributed by atoms with Crippen LogP contribution in [0.25, 0.3) is 0 Å². The Morgan fingerprint density at radius 3 is 2.32 bits per heavy atom. The van der Waals surface area contributed by atoms with E-state index >= 15 is 0 Å². The molecule has 0 bridgehead atoms. The molecule has 0 amide bonds. The zero-order valence-electron chi connectivity index (χ0n) is 12.0. The molecule has 0 aliphatic heterocycles. The Morgan fingerprint density at radius 2 is 1.68 bits per heavy atom. The number of likely N-dealkylation sites (N-methyl/N-ethyl adjacent to an activating group) is 1.